The SMILES string of the molecule is C1=CC2=C(CC1)c1ccccc1C21c2ccccc2-c2cc3c(cc21)-c1ccccc1NC3c1ccc(-c2cc3ccccc3c3ccccc23)cc1. The lowest BCUT2D eigenvalue weighted by Gasteiger charge is -2.35. The molecule has 248 valence electrons. The Morgan fingerprint density at radius 1 is 0.491 bits per heavy atom. The Balaban J connectivity index is 1.06. The van der Waals surface area contributed by atoms with E-state index in [1.807, 2.05) is 0 Å². The molecule has 0 bridgehead atoms. The van der Waals surface area contributed by atoms with E-state index in [2.05, 4.69) is 181 Å². The lowest BCUT2D eigenvalue weighted by atomic mass is 9.68. The molecule has 0 radical (unpaired) electrons. The molecular formula is C52H35N. The zero-order valence-corrected chi connectivity index (χ0v) is 29.2. The van der Waals surface area contributed by atoms with Gasteiger partial charge in [0, 0.05) is 11.3 Å². The van der Waals surface area contributed by atoms with Crippen molar-refractivity contribution in [1.29, 1.82) is 0 Å². The number of hydrogen-bond donors (Lipinski definition) is 1. The molecule has 1 heterocycles. The van der Waals surface area contributed by atoms with Crippen LogP contribution in [0.1, 0.15) is 52.3 Å². The van der Waals surface area contributed by atoms with Crippen molar-refractivity contribution >= 4 is 32.8 Å². The molecule has 1 aliphatic heterocycles. The molecule has 1 spiro atoms. The van der Waals surface area contributed by atoms with E-state index in [4.69, 9.17) is 0 Å². The maximum Gasteiger partial charge on any atom is 0.0773 e. The van der Waals surface area contributed by atoms with Crippen LogP contribution in [-0.4, -0.2) is 0 Å². The number of nitrogens with one attached hydrogen (secondary N) is 1. The van der Waals surface area contributed by atoms with Gasteiger partial charge in [0.2, 0.25) is 0 Å². The third kappa shape index (κ3) is 3.86. The van der Waals surface area contributed by atoms with Gasteiger partial charge in [-0.15, -0.1) is 0 Å². The first-order chi connectivity index (χ1) is 26.3. The van der Waals surface area contributed by atoms with Crippen LogP contribution >= 0.6 is 0 Å². The van der Waals surface area contributed by atoms with Gasteiger partial charge in [0.05, 0.1) is 11.5 Å². The van der Waals surface area contributed by atoms with Gasteiger partial charge in [-0.2, -0.15) is 0 Å². The molecule has 0 saturated heterocycles. The number of para-hydroxylation sites is 1. The zero-order chi connectivity index (χ0) is 34.7. The van der Waals surface area contributed by atoms with E-state index in [1.165, 1.54) is 105 Å². The molecule has 2 unspecified atom stereocenters. The standard InChI is InChI=1S/C52H35N/c1-2-14-35-34(13-1)29-42(37-16-4-3-15-36(35)37)32-25-27-33(28-26-32)51-45-30-44-40-19-7-11-23-48(40)52(49(44)31-43(45)41-20-8-12-24-50(41)53-51)46-21-9-5-17-38(46)39-18-6-10-22-47(39)52/h1-5,7-17,19-31,51,53H,6,18H2. The van der Waals surface area contributed by atoms with Gasteiger partial charge in [-0.25, -0.2) is 0 Å². The molecule has 0 saturated carbocycles. The van der Waals surface area contributed by atoms with Crippen molar-refractivity contribution in [3.05, 3.63) is 215 Å². The first kappa shape index (κ1) is 29.2. The summed E-state index contributed by atoms with van der Waals surface area (Å²) in [5, 5.41) is 9.16. The summed E-state index contributed by atoms with van der Waals surface area (Å²) >= 11 is 0. The minimum atomic E-state index is -0.316. The van der Waals surface area contributed by atoms with Crippen LogP contribution in [0, 0.1) is 0 Å². The molecule has 0 aromatic heterocycles. The highest BCUT2D eigenvalue weighted by Crippen LogP contribution is 2.64. The van der Waals surface area contributed by atoms with Crippen LogP contribution in [0.5, 0.6) is 0 Å². The Kier molecular flexibility index (Phi) is 5.94. The minimum absolute atomic E-state index is 0.0107. The number of benzene rings is 8. The Bertz CT molecular complexity index is 2920. The molecule has 12 rings (SSSR count). The molecule has 2 atom stereocenters. The van der Waals surface area contributed by atoms with Crippen molar-refractivity contribution < 1.29 is 0 Å². The average Bonchev–Trinajstić information content (AvgIpc) is 3.69. The predicted octanol–water partition coefficient (Wildman–Crippen LogP) is 13.3. The van der Waals surface area contributed by atoms with Gasteiger partial charge in [0.25, 0.3) is 0 Å². The molecule has 0 amide bonds. The molecule has 4 aliphatic rings. The molecule has 1 heteroatoms. The summed E-state index contributed by atoms with van der Waals surface area (Å²) in [6.45, 7) is 0. The maximum atomic E-state index is 4.00. The number of fused-ring (bicyclic) bond motifs is 15. The van der Waals surface area contributed by atoms with E-state index < -0.39 is 0 Å². The highest BCUT2D eigenvalue weighted by atomic mass is 14.9. The third-order valence-electron chi connectivity index (χ3n) is 12.6. The molecule has 53 heavy (non-hydrogen) atoms. The van der Waals surface area contributed by atoms with Crippen LogP contribution in [0.15, 0.2) is 182 Å². The summed E-state index contributed by atoms with van der Waals surface area (Å²) in [4.78, 5) is 0. The first-order valence-corrected chi connectivity index (χ1v) is 18.9. The summed E-state index contributed by atoms with van der Waals surface area (Å²) in [6, 6.07) is 61.6. The highest BCUT2D eigenvalue weighted by Gasteiger charge is 2.53. The normalized spacial score (nSPS) is 18.7. The fourth-order valence-electron chi connectivity index (χ4n) is 10.4. The van der Waals surface area contributed by atoms with Gasteiger partial charge < -0.3 is 5.32 Å². The van der Waals surface area contributed by atoms with Gasteiger partial charge >= 0.3 is 0 Å². The molecule has 8 aromatic rings. The fourth-order valence-corrected chi connectivity index (χ4v) is 10.4. The summed E-state index contributed by atoms with van der Waals surface area (Å²) in [5.74, 6) is 0. The predicted molar refractivity (Wildman–Crippen MR) is 221 cm³/mol. The van der Waals surface area contributed by atoms with E-state index in [0.29, 0.717) is 0 Å². The molecule has 8 aromatic carbocycles. The van der Waals surface area contributed by atoms with Crippen molar-refractivity contribution in [3.8, 4) is 33.4 Å². The molecule has 3 aliphatic carbocycles. The minimum Gasteiger partial charge on any atom is -0.374 e. The first-order valence-electron chi connectivity index (χ1n) is 18.9. The lowest BCUT2D eigenvalue weighted by Crippen LogP contribution is -2.27. The van der Waals surface area contributed by atoms with Crippen molar-refractivity contribution in [2.75, 3.05) is 5.32 Å². The van der Waals surface area contributed by atoms with Crippen molar-refractivity contribution in [1.82, 2.24) is 0 Å². The third-order valence-corrected chi connectivity index (χ3v) is 12.6. The summed E-state index contributed by atoms with van der Waals surface area (Å²) < 4.78 is 0. The largest absolute Gasteiger partial charge is 0.374 e. The van der Waals surface area contributed by atoms with E-state index in [9.17, 15) is 0 Å². The maximum absolute atomic E-state index is 4.00. The quantitative estimate of drug-likeness (QED) is 0.180. The van der Waals surface area contributed by atoms with Crippen molar-refractivity contribution in [3.63, 3.8) is 0 Å². The van der Waals surface area contributed by atoms with E-state index in [-0.39, 0.29) is 11.5 Å². The van der Waals surface area contributed by atoms with Gasteiger partial charge in [-0.1, -0.05) is 152 Å². The topological polar surface area (TPSA) is 12.0 Å². The number of anilines is 1. The Morgan fingerprint density at radius 3 is 2.02 bits per heavy atom. The Morgan fingerprint density at radius 2 is 1.17 bits per heavy atom. The Labute approximate surface area is 309 Å². The van der Waals surface area contributed by atoms with Crippen molar-refractivity contribution in [2.24, 2.45) is 0 Å². The summed E-state index contributed by atoms with van der Waals surface area (Å²) in [6.07, 6.45) is 7.03. The zero-order valence-electron chi connectivity index (χ0n) is 29.2. The van der Waals surface area contributed by atoms with Gasteiger partial charge in [0.15, 0.2) is 0 Å². The van der Waals surface area contributed by atoms with E-state index >= 15 is 0 Å². The van der Waals surface area contributed by atoms with Gasteiger partial charge in [-0.05, 0) is 131 Å². The van der Waals surface area contributed by atoms with Crippen LogP contribution in [0.3, 0.4) is 0 Å². The molecular weight excluding hydrogens is 639 g/mol. The van der Waals surface area contributed by atoms with Crippen LogP contribution in [0.25, 0.3) is 60.5 Å². The van der Waals surface area contributed by atoms with E-state index in [0.717, 1.165) is 12.8 Å². The second-order valence-corrected chi connectivity index (χ2v) is 15.1. The van der Waals surface area contributed by atoms with Gasteiger partial charge in [-0.3, -0.25) is 0 Å². The van der Waals surface area contributed by atoms with Crippen LogP contribution < -0.4 is 5.32 Å². The van der Waals surface area contributed by atoms with Crippen LogP contribution in [0.4, 0.5) is 5.69 Å². The average molecular weight is 674 g/mol. The molecule has 1 nitrogen and oxygen atoms in total. The van der Waals surface area contributed by atoms with E-state index in [1.54, 1.807) is 0 Å². The Hall–Kier alpha value is -6.44. The highest BCUT2D eigenvalue weighted by molar-refractivity contribution is 6.13. The smallest absolute Gasteiger partial charge is 0.0773 e. The monoisotopic (exact) mass is 673 g/mol. The van der Waals surface area contributed by atoms with Crippen molar-refractivity contribution in [2.45, 2.75) is 24.3 Å². The summed E-state index contributed by atoms with van der Waals surface area (Å²) in [7, 11) is 0. The number of hydrogen-bond acceptors (Lipinski definition) is 1. The number of allylic oxidation sites excluding steroid dienone is 4. The second-order valence-electron chi connectivity index (χ2n) is 15.1. The molecule has 0 fully saturated rings. The lowest BCUT2D eigenvalue weighted by molar-refractivity contribution is 0.779. The molecule has 1 N–H and O–H groups in total. The second kappa shape index (κ2) is 10.8. The number of rotatable bonds is 2. The van der Waals surface area contributed by atoms with Crippen LogP contribution in [0.2, 0.25) is 0 Å². The fraction of sp³-hybridized carbons (Fsp3) is 0.0769. The van der Waals surface area contributed by atoms with Crippen LogP contribution in [-0.2, 0) is 5.41 Å². The van der Waals surface area contributed by atoms with Gasteiger partial charge in [0.1, 0.15) is 0 Å². The summed E-state index contributed by atoms with van der Waals surface area (Å²) in [5.41, 5.74) is 19.9.